The summed E-state index contributed by atoms with van der Waals surface area (Å²) in [6.45, 7) is 21.1. The van der Waals surface area contributed by atoms with Crippen molar-refractivity contribution in [3.63, 3.8) is 0 Å². The number of nitriles is 1. The molecular formula is C114H84N16. The van der Waals surface area contributed by atoms with E-state index in [-0.39, 0.29) is 16.2 Å². The summed E-state index contributed by atoms with van der Waals surface area (Å²) in [5.74, 6) is 5.08. The highest BCUT2D eigenvalue weighted by molar-refractivity contribution is 5.90. The van der Waals surface area contributed by atoms with Crippen LogP contribution in [0, 0.1) is 17.9 Å². The van der Waals surface area contributed by atoms with E-state index in [0.717, 1.165) is 78.6 Å². The monoisotopic (exact) mass is 1680 g/mol. The maximum Gasteiger partial charge on any atom is 0.187 e. The summed E-state index contributed by atoms with van der Waals surface area (Å²) in [5, 5.41) is 9.26. The first kappa shape index (κ1) is 81.2. The van der Waals surface area contributed by atoms with Gasteiger partial charge in [0.1, 0.15) is 11.4 Å². The SMILES string of the molecule is CC1(C)c2ccccc2N(c2ccc(-c3nc(-c4ccccc4)nc(-c4cccc(-c5ccccc5)n4)n3)cc2)c2ccccc21.CC1(C)c2ccccc2N(c2ccc(-c3nc(-c4ccccc4)nc(-c4ccccn4)n3)cc2)c2ccccc21.[C-]#[N+]c1ccc(-c2nc(-c3ccc(C#N)cc3)nc(-c3ccc(N4c5ccccc5C(C)(C)c5ccccc54)cc3)n2)cc1. The number of hydrogen-bond donors (Lipinski definition) is 0. The third-order valence-corrected chi connectivity index (χ3v) is 24.5. The van der Waals surface area contributed by atoms with Gasteiger partial charge in [-0.25, -0.2) is 54.7 Å². The molecule has 0 amide bonds. The molecule has 0 radical (unpaired) electrons. The molecule has 0 saturated heterocycles. The van der Waals surface area contributed by atoms with E-state index in [1.54, 1.807) is 30.5 Å². The number of anilines is 9. The topological polar surface area (TPSA) is 180 Å². The fourth-order valence-corrected chi connectivity index (χ4v) is 17.8. The highest BCUT2D eigenvalue weighted by Gasteiger charge is 2.40. The van der Waals surface area contributed by atoms with Crippen molar-refractivity contribution in [1.82, 2.24) is 54.8 Å². The normalized spacial score (nSPS) is 13.1. The van der Waals surface area contributed by atoms with Crippen LogP contribution in [0.5, 0.6) is 0 Å². The van der Waals surface area contributed by atoms with E-state index in [2.05, 4.69) is 291 Å². The molecule has 130 heavy (non-hydrogen) atoms. The van der Waals surface area contributed by atoms with Crippen LogP contribution in [0.1, 0.15) is 80.5 Å². The van der Waals surface area contributed by atoms with E-state index in [1.807, 2.05) is 152 Å². The van der Waals surface area contributed by atoms with E-state index >= 15 is 0 Å². The molecule has 8 heterocycles. The molecule has 0 fully saturated rings. The van der Waals surface area contributed by atoms with Crippen molar-refractivity contribution in [3.05, 3.63) is 451 Å². The number of benzene rings is 14. The molecule has 0 saturated carbocycles. The van der Waals surface area contributed by atoms with Crippen molar-refractivity contribution in [3.8, 4) is 120 Å². The Morgan fingerprint density at radius 3 is 0.777 bits per heavy atom. The van der Waals surface area contributed by atoms with Crippen LogP contribution in [0.3, 0.4) is 0 Å². The van der Waals surface area contributed by atoms with Gasteiger partial charge in [0.05, 0.1) is 58.0 Å². The lowest BCUT2D eigenvalue weighted by atomic mass is 9.73. The van der Waals surface area contributed by atoms with E-state index < -0.39 is 0 Å². The molecule has 14 aromatic carbocycles. The number of rotatable bonds is 13. The highest BCUT2D eigenvalue weighted by atomic mass is 15.2. The zero-order valence-electron chi connectivity index (χ0n) is 72.3. The molecular weight excluding hydrogens is 1590 g/mol. The van der Waals surface area contributed by atoms with E-state index in [0.29, 0.717) is 75.1 Å². The molecule has 3 aliphatic heterocycles. The second-order valence-corrected chi connectivity index (χ2v) is 33.6. The van der Waals surface area contributed by atoms with Gasteiger partial charge in [0.2, 0.25) is 0 Å². The lowest BCUT2D eigenvalue weighted by Crippen LogP contribution is -2.30. The molecule has 19 aromatic rings. The Morgan fingerprint density at radius 2 is 0.477 bits per heavy atom. The number of pyridine rings is 2. The van der Waals surface area contributed by atoms with Gasteiger partial charge >= 0.3 is 0 Å². The summed E-state index contributed by atoms with van der Waals surface area (Å²) in [6, 6.07) is 136. The smallest absolute Gasteiger partial charge is 0.187 e. The van der Waals surface area contributed by atoms with E-state index in [1.165, 1.54) is 56.1 Å². The molecule has 620 valence electrons. The Morgan fingerprint density at radius 1 is 0.231 bits per heavy atom. The Labute approximate surface area is 755 Å². The van der Waals surface area contributed by atoms with Crippen LogP contribution >= 0.6 is 0 Å². The molecule has 0 atom stereocenters. The third kappa shape index (κ3) is 15.6. The minimum absolute atomic E-state index is 0.0930. The number of fused-ring (bicyclic) bond motifs is 6. The van der Waals surface area contributed by atoms with Crippen LogP contribution in [0.15, 0.2) is 401 Å². The van der Waals surface area contributed by atoms with Crippen LogP contribution in [-0.2, 0) is 16.2 Å². The predicted octanol–water partition coefficient (Wildman–Crippen LogP) is 27.8. The van der Waals surface area contributed by atoms with Crippen molar-refractivity contribution < 1.29 is 0 Å². The zero-order chi connectivity index (χ0) is 88.5. The number of hydrogen-bond acceptors (Lipinski definition) is 15. The van der Waals surface area contributed by atoms with Crippen LogP contribution in [0.4, 0.5) is 56.9 Å². The molecule has 0 bridgehead atoms. The van der Waals surface area contributed by atoms with Crippen LogP contribution in [0.2, 0.25) is 0 Å². The summed E-state index contributed by atoms with van der Waals surface area (Å²) < 4.78 is 0. The first-order valence-electron chi connectivity index (χ1n) is 43.2. The highest BCUT2D eigenvalue weighted by Crippen LogP contribution is 2.55. The van der Waals surface area contributed by atoms with Gasteiger partial charge in [0.15, 0.2) is 58.1 Å². The molecule has 0 spiro atoms. The Hall–Kier alpha value is -17.2. The Balaban J connectivity index is 0.000000122. The van der Waals surface area contributed by atoms with Gasteiger partial charge in [-0.2, -0.15) is 5.26 Å². The van der Waals surface area contributed by atoms with Crippen molar-refractivity contribution in [1.29, 1.82) is 5.26 Å². The van der Waals surface area contributed by atoms with Gasteiger partial charge in [-0.1, -0.05) is 278 Å². The number of para-hydroxylation sites is 6. The lowest BCUT2D eigenvalue weighted by Gasteiger charge is -2.42. The quantitative estimate of drug-likeness (QED) is 0.0994. The van der Waals surface area contributed by atoms with Crippen LogP contribution in [-0.4, -0.2) is 54.8 Å². The summed E-state index contributed by atoms with van der Waals surface area (Å²) in [7, 11) is 0. The third-order valence-electron chi connectivity index (χ3n) is 24.5. The maximum absolute atomic E-state index is 9.26. The zero-order valence-corrected chi connectivity index (χ0v) is 72.3. The summed E-state index contributed by atoms with van der Waals surface area (Å²) in [6.07, 6.45) is 1.76. The minimum Gasteiger partial charge on any atom is -0.310 e. The molecule has 22 rings (SSSR count). The fraction of sp³-hybridized carbons (Fsp3) is 0.0789. The minimum atomic E-state index is -0.125. The summed E-state index contributed by atoms with van der Waals surface area (Å²) >= 11 is 0. The molecule has 3 aliphatic rings. The fourth-order valence-electron chi connectivity index (χ4n) is 17.8. The standard InChI is InChI=1S/C41H31N5.C38H26N6.C35H27N5/c1-41(2)32-18-9-11-22-36(32)46(37-23-12-10-19-33(37)41)31-26-24-30(25-27-31)39-43-38(29-16-7-4-8-17-29)44-40(45-39)35-21-13-20-34(42-35)28-14-5-3-6-15-28;1-38(2)31-8-4-6-10-33(31)44(34-11-7-5-9-32(34)38)30-22-18-28(19-23-30)37-42-35(26-14-12-25(24-39)13-15-26)41-36(43-37)27-16-20-29(40-3)21-17-27;1-35(2)27-14-6-8-17-30(27)40(31-18-9-7-15-28(31)35)26-21-19-25(20-22-26)33-37-32(24-12-4-3-5-13-24)38-34(39-33)29-16-10-11-23-36-29/h3-27H,1-2H3;4-23H,1-2H3;3-23H,1-2H3. The van der Waals surface area contributed by atoms with Gasteiger partial charge in [0, 0.05) is 84.0 Å². The summed E-state index contributed by atoms with van der Waals surface area (Å²) in [4.78, 5) is 63.7. The second kappa shape index (κ2) is 34.4. The molecule has 0 N–H and O–H groups in total. The second-order valence-electron chi connectivity index (χ2n) is 33.6. The van der Waals surface area contributed by atoms with E-state index in [9.17, 15) is 5.26 Å². The van der Waals surface area contributed by atoms with Crippen molar-refractivity contribution in [2.45, 2.75) is 57.8 Å². The maximum atomic E-state index is 9.26. The lowest BCUT2D eigenvalue weighted by molar-refractivity contribution is 0.632. The largest absolute Gasteiger partial charge is 0.310 e. The van der Waals surface area contributed by atoms with Gasteiger partial charge < -0.3 is 14.7 Å². The molecule has 0 unspecified atom stereocenters. The molecule has 16 nitrogen and oxygen atoms in total. The van der Waals surface area contributed by atoms with Gasteiger partial charge in [-0.3, -0.25) is 4.98 Å². The van der Waals surface area contributed by atoms with E-state index in [4.69, 9.17) is 56.4 Å². The van der Waals surface area contributed by atoms with Crippen LogP contribution < -0.4 is 14.7 Å². The number of nitrogens with zero attached hydrogens (tertiary/aromatic N) is 16. The first-order valence-corrected chi connectivity index (χ1v) is 43.2. The van der Waals surface area contributed by atoms with Gasteiger partial charge in [0.25, 0.3) is 0 Å². The summed E-state index contributed by atoms with van der Waals surface area (Å²) in [5.41, 5.74) is 28.3. The number of aromatic nitrogens is 11. The molecule has 5 aromatic heterocycles. The predicted molar refractivity (Wildman–Crippen MR) is 521 cm³/mol. The van der Waals surface area contributed by atoms with Crippen molar-refractivity contribution >= 4 is 56.9 Å². The van der Waals surface area contributed by atoms with Crippen LogP contribution in [0.25, 0.3) is 119 Å². The average Bonchev–Trinajstić information content (AvgIpc) is 0.735. The van der Waals surface area contributed by atoms with Crippen molar-refractivity contribution in [2.75, 3.05) is 14.7 Å². The molecule has 16 heteroatoms. The van der Waals surface area contributed by atoms with Gasteiger partial charge in [-0.15, -0.1) is 0 Å². The first-order chi connectivity index (χ1) is 63.6. The molecule has 0 aliphatic carbocycles. The Bertz CT molecular complexity index is 7230. The van der Waals surface area contributed by atoms with Crippen molar-refractivity contribution in [2.24, 2.45) is 0 Å². The average molecular weight is 1680 g/mol. The van der Waals surface area contributed by atoms with Gasteiger partial charge in [-0.05, 0) is 191 Å². The Kier molecular flexibility index (Phi) is 21.5.